The number of hydrogen-bond acceptors (Lipinski definition) is 0. The van der Waals surface area contributed by atoms with Crippen LogP contribution in [0.15, 0.2) is 55.1 Å². The Morgan fingerprint density at radius 3 is 1.55 bits per heavy atom. The standard InChI is InChI=1S/C8H10.C8H18.C5H8.CH4/c1-2-8-6-4-3-5-7-8;1-3-5-7-8-6-4-2;1-4-5(2)3;/h3-7H,2H2,1H3;3-8H2,1-2H3;4H,1-2H2,3H3;1H4. The van der Waals surface area contributed by atoms with Crippen molar-refractivity contribution in [1.82, 2.24) is 0 Å². The van der Waals surface area contributed by atoms with Crippen molar-refractivity contribution in [3.63, 3.8) is 0 Å². The molecular formula is C22H40. The summed E-state index contributed by atoms with van der Waals surface area (Å²) < 4.78 is 0. The maximum Gasteiger partial charge on any atom is -0.0307 e. The molecule has 0 N–H and O–H groups in total. The van der Waals surface area contributed by atoms with Crippen molar-refractivity contribution in [2.24, 2.45) is 0 Å². The van der Waals surface area contributed by atoms with Gasteiger partial charge in [-0.2, -0.15) is 0 Å². The maximum absolute atomic E-state index is 3.56. The summed E-state index contributed by atoms with van der Waals surface area (Å²) in [4.78, 5) is 0. The molecule has 0 aliphatic carbocycles. The van der Waals surface area contributed by atoms with Gasteiger partial charge in [0.15, 0.2) is 0 Å². The van der Waals surface area contributed by atoms with E-state index in [0.29, 0.717) is 0 Å². The van der Waals surface area contributed by atoms with Gasteiger partial charge in [0.25, 0.3) is 0 Å². The smallest absolute Gasteiger partial charge is 0.0307 e. The minimum atomic E-state index is 0. The monoisotopic (exact) mass is 304 g/mol. The average molecular weight is 305 g/mol. The lowest BCUT2D eigenvalue weighted by Crippen LogP contribution is -1.73. The summed E-state index contributed by atoms with van der Waals surface area (Å²) in [5, 5.41) is 0. The number of rotatable bonds is 7. The van der Waals surface area contributed by atoms with E-state index in [2.05, 4.69) is 58.2 Å². The van der Waals surface area contributed by atoms with E-state index in [1.165, 1.54) is 44.1 Å². The second kappa shape index (κ2) is 22.0. The largest absolute Gasteiger partial charge is 0.0988 e. The molecule has 0 aromatic heterocycles. The predicted molar refractivity (Wildman–Crippen MR) is 107 cm³/mol. The van der Waals surface area contributed by atoms with Crippen LogP contribution in [-0.4, -0.2) is 0 Å². The van der Waals surface area contributed by atoms with E-state index in [9.17, 15) is 0 Å². The summed E-state index contributed by atoms with van der Waals surface area (Å²) in [6.45, 7) is 15.6. The molecular weight excluding hydrogens is 264 g/mol. The zero-order chi connectivity index (χ0) is 16.3. The van der Waals surface area contributed by atoms with Gasteiger partial charge in [-0.05, 0) is 18.9 Å². The van der Waals surface area contributed by atoms with E-state index in [1.54, 1.807) is 6.08 Å². The Labute approximate surface area is 141 Å². The summed E-state index contributed by atoms with van der Waals surface area (Å²) in [5.41, 5.74) is 2.43. The van der Waals surface area contributed by atoms with E-state index in [4.69, 9.17) is 0 Å². The van der Waals surface area contributed by atoms with Crippen LogP contribution in [0.4, 0.5) is 0 Å². The topological polar surface area (TPSA) is 0 Å². The molecule has 0 amide bonds. The van der Waals surface area contributed by atoms with Crippen LogP contribution in [0.1, 0.15) is 79.2 Å². The number of allylic oxidation sites excluding steroid dienone is 2. The summed E-state index contributed by atoms with van der Waals surface area (Å²) >= 11 is 0. The van der Waals surface area contributed by atoms with Crippen LogP contribution in [0.3, 0.4) is 0 Å². The molecule has 0 heterocycles. The fraction of sp³-hybridized carbons (Fsp3) is 0.545. The first-order chi connectivity index (χ1) is 10.1. The fourth-order valence-electron chi connectivity index (χ4n) is 1.57. The second-order valence-corrected chi connectivity index (χ2v) is 5.30. The number of aryl methyl sites for hydroxylation is 1. The number of hydrogen-bond donors (Lipinski definition) is 0. The van der Waals surface area contributed by atoms with Crippen molar-refractivity contribution in [3.05, 3.63) is 60.7 Å². The molecule has 128 valence electrons. The van der Waals surface area contributed by atoms with Crippen LogP contribution >= 0.6 is 0 Å². The number of benzene rings is 1. The zero-order valence-electron chi connectivity index (χ0n) is 14.8. The van der Waals surface area contributed by atoms with E-state index in [1.807, 2.05) is 13.0 Å². The zero-order valence-corrected chi connectivity index (χ0v) is 14.8. The summed E-state index contributed by atoms with van der Waals surface area (Å²) in [7, 11) is 0. The molecule has 1 rings (SSSR count). The first-order valence-corrected chi connectivity index (χ1v) is 8.44. The second-order valence-electron chi connectivity index (χ2n) is 5.30. The van der Waals surface area contributed by atoms with Gasteiger partial charge in [-0.1, -0.05) is 122 Å². The van der Waals surface area contributed by atoms with Gasteiger partial charge in [0.1, 0.15) is 0 Å². The Balaban J connectivity index is -0.000000248. The lowest BCUT2D eigenvalue weighted by atomic mass is 10.1. The Morgan fingerprint density at radius 2 is 1.32 bits per heavy atom. The summed E-state index contributed by atoms with van der Waals surface area (Å²) in [5.74, 6) is 0. The normalized spacial score (nSPS) is 8.36. The van der Waals surface area contributed by atoms with Crippen LogP contribution < -0.4 is 0 Å². The van der Waals surface area contributed by atoms with Crippen molar-refractivity contribution < 1.29 is 0 Å². The van der Waals surface area contributed by atoms with Crippen LogP contribution in [-0.2, 0) is 6.42 Å². The van der Waals surface area contributed by atoms with E-state index in [0.717, 1.165) is 12.0 Å². The fourth-order valence-corrected chi connectivity index (χ4v) is 1.57. The lowest BCUT2D eigenvalue weighted by Gasteiger charge is -1.93. The highest BCUT2D eigenvalue weighted by atomic mass is 13.9. The molecule has 0 aliphatic heterocycles. The minimum Gasteiger partial charge on any atom is -0.0988 e. The van der Waals surface area contributed by atoms with Crippen LogP contribution in [0.2, 0.25) is 0 Å². The summed E-state index contributed by atoms with van der Waals surface area (Å²) in [6, 6.07) is 10.5. The molecule has 0 nitrogen and oxygen atoms in total. The van der Waals surface area contributed by atoms with Gasteiger partial charge in [-0.3, -0.25) is 0 Å². The first kappa shape index (κ1) is 25.6. The van der Waals surface area contributed by atoms with Crippen LogP contribution in [0.5, 0.6) is 0 Å². The van der Waals surface area contributed by atoms with Crippen molar-refractivity contribution in [3.8, 4) is 0 Å². The van der Waals surface area contributed by atoms with Gasteiger partial charge >= 0.3 is 0 Å². The van der Waals surface area contributed by atoms with Gasteiger partial charge in [0.05, 0.1) is 0 Å². The van der Waals surface area contributed by atoms with Crippen molar-refractivity contribution in [2.75, 3.05) is 0 Å². The number of unbranched alkanes of at least 4 members (excludes halogenated alkanes) is 5. The van der Waals surface area contributed by atoms with E-state index >= 15 is 0 Å². The third-order valence-electron chi connectivity index (χ3n) is 3.06. The Hall–Kier alpha value is -1.30. The third kappa shape index (κ3) is 23.8. The molecule has 0 radical (unpaired) electrons. The Morgan fingerprint density at radius 1 is 0.909 bits per heavy atom. The van der Waals surface area contributed by atoms with Crippen LogP contribution in [0.25, 0.3) is 0 Å². The molecule has 0 spiro atoms. The molecule has 1 aromatic carbocycles. The molecule has 0 heteroatoms. The van der Waals surface area contributed by atoms with Gasteiger partial charge in [0, 0.05) is 0 Å². The first-order valence-electron chi connectivity index (χ1n) is 8.44. The highest BCUT2D eigenvalue weighted by Crippen LogP contribution is 2.03. The van der Waals surface area contributed by atoms with Crippen molar-refractivity contribution in [1.29, 1.82) is 0 Å². The molecule has 0 saturated heterocycles. The van der Waals surface area contributed by atoms with Gasteiger partial charge in [-0.15, -0.1) is 0 Å². The predicted octanol–water partition coefficient (Wildman–Crippen LogP) is 8.00. The van der Waals surface area contributed by atoms with Gasteiger partial charge in [0.2, 0.25) is 0 Å². The van der Waals surface area contributed by atoms with Gasteiger partial charge in [-0.25, -0.2) is 0 Å². The Kier molecular flexibility index (Phi) is 25.6. The highest BCUT2D eigenvalue weighted by Gasteiger charge is 1.83. The molecule has 0 bridgehead atoms. The molecule has 0 unspecified atom stereocenters. The van der Waals surface area contributed by atoms with E-state index < -0.39 is 0 Å². The maximum atomic E-state index is 3.56. The molecule has 0 atom stereocenters. The molecule has 0 fully saturated rings. The van der Waals surface area contributed by atoms with Crippen molar-refractivity contribution >= 4 is 0 Å². The molecule has 1 aromatic rings. The molecule has 0 aliphatic rings. The lowest BCUT2D eigenvalue weighted by molar-refractivity contribution is 0.624. The van der Waals surface area contributed by atoms with Crippen LogP contribution in [0, 0.1) is 0 Å². The average Bonchev–Trinajstić information content (AvgIpc) is 2.53. The van der Waals surface area contributed by atoms with Crippen molar-refractivity contribution in [2.45, 2.75) is 80.1 Å². The highest BCUT2D eigenvalue weighted by molar-refractivity contribution is 5.13. The SMILES string of the molecule is C.C=CC(=C)C.CCCCCCCC.CCc1ccccc1. The summed E-state index contributed by atoms with van der Waals surface area (Å²) in [6.07, 6.45) is 11.4. The Bertz CT molecular complexity index is 315. The van der Waals surface area contributed by atoms with E-state index in [-0.39, 0.29) is 7.43 Å². The minimum absolute atomic E-state index is 0. The van der Waals surface area contributed by atoms with Gasteiger partial charge < -0.3 is 0 Å². The molecule has 22 heavy (non-hydrogen) atoms. The molecule has 0 saturated carbocycles. The third-order valence-corrected chi connectivity index (χ3v) is 3.06. The quantitative estimate of drug-likeness (QED) is 0.353.